The van der Waals surface area contributed by atoms with Gasteiger partial charge in [0.25, 0.3) is 11.8 Å². The molecule has 1 fully saturated rings. The largest absolute Gasteiger partial charge is 0.382 e. The predicted octanol–water partition coefficient (Wildman–Crippen LogP) is 3.15. The Labute approximate surface area is 180 Å². The molecule has 2 aromatic rings. The van der Waals surface area contributed by atoms with Crippen LogP contribution in [-0.2, 0) is 9.53 Å². The number of thiophene rings is 1. The van der Waals surface area contributed by atoms with Crippen LogP contribution in [0, 0.1) is 0 Å². The number of amides is 3. The highest BCUT2D eigenvalue weighted by molar-refractivity contribution is 7.12. The van der Waals surface area contributed by atoms with E-state index in [0.29, 0.717) is 48.9 Å². The van der Waals surface area contributed by atoms with Crippen molar-refractivity contribution >= 4 is 34.7 Å². The molecule has 1 aromatic carbocycles. The van der Waals surface area contributed by atoms with Gasteiger partial charge in [-0.1, -0.05) is 12.1 Å². The first-order valence-corrected chi connectivity index (χ1v) is 11.1. The minimum absolute atomic E-state index is 0.108. The molecule has 2 N–H and O–H groups in total. The van der Waals surface area contributed by atoms with E-state index < -0.39 is 6.04 Å². The average molecular weight is 430 g/mol. The van der Waals surface area contributed by atoms with Gasteiger partial charge in [-0.3, -0.25) is 14.4 Å². The normalized spacial score (nSPS) is 15.8. The number of nitrogens with one attached hydrogen (secondary N) is 2. The van der Waals surface area contributed by atoms with Crippen molar-refractivity contribution in [1.29, 1.82) is 0 Å². The predicted molar refractivity (Wildman–Crippen MR) is 117 cm³/mol. The van der Waals surface area contributed by atoms with Gasteiger partial charge in [0.15, 0.2) is 0 Å². The molecule has 1 aliphatic rings. The number of likely N-dealkylation sites (tertiary alicyclic amines) is 1. The summed E-state index contributed by atoms with van der Waals surface area (Å²) in [4.78, 5) is 40.1. The van der Waals surface area contributed by atoms with Gasteiger partial charge >= 0.3 is 0 Å². The summed E-state index contributed by atoms with van der Waals surface area (Å²) in [5, 5.41) is 7.56. The molecule has 0 radical (unpaired) electrons. The lowest BCUT2D eigenvalue weighted by Crippen LogP contribution is -2.43. The molecule has 0 aliphatic carbocycles. The Hall–Kier alpha value is -2.71. The maximum atomic E-state index is 12.8. The molecule has 160 valence electrons. The van der Waals surface area contributed by atoms with Gasteiger partial charge in [-0.15, -0.1) is 11.3 Å². The van der Waals surface area contributed by atoms with Gasteiger partial charge < -0.3 is 20.3 Å². The van der Waals surface area contributed by atoms with E-state index in [1.54, 1.807) is 35.2 Å². The summed E-state index contributed by atoms with van der Waals surface area (Å²) in [6.45, 7) is 4.29. The van der Waals surface area contributed by atoms with E-state index in [1.165, 1.54) is 11.3 Å². The van der Waals surface area contributed by atoms with Crippen molar-refractivity contribution in [2.75, 3.05) is 31.6 Å². The highest BCUT2D eigenvalue weighted by Gasteiger charge is 2.34. The summed E-state index contributed by atoms with van der Waals surface area (Å²) < 4.78 is 5.26. The van der Waals surface area contributed by atoms with E-state index >= 15 is 0 Å². The van der Waals surface area contributed by atoms with E-state index in [1.807, 2.05) is 18.4 Å². The van der Waals surface area contributed by atoms with E-state index in [2.05, 4.69) is 10.6 Å². The first-order valence-electron chi connectivity index (χ1n) is 10.2. The zero-order valence-corrected chi connectivity index (χ0v) is 17.9. The molecule has 3 amide bonds. The second kappa shape index (κ2) is 10.9. The molecule has 8 heteroatoms. The van der Waals surface area contributed by atoms with E-state index in [0.717, 1.165) is 12.8 Å². The lowest BCUT2D eigenvalue weighted by atomic mass is 10.1. The molecular formula is C22H27N3O4S. The molecule has 1 aromatic heterocycles. The molecule has 0 unspecified atom stereocenters. The second-order valence-corrected chi connectivity index (χ2v) is 7.96. The third kappa shape index (κ3) is 5.67. The molecule has 0 bridgehead atoms. The molecule has 3 rings (SSSR count). The minimum Gasteiger partial charge on any atom is -0.382 e. The maximum absolute atomic E-state index is 12.8. The third-order valence-electron chi connectivity index (χ3n) is 4.90. The zero-order chi connectivity index (χ0) is 21.3. The highest BCUT2D eigenvalue weighted by Crippen LogP contribution is 2.23. The number of rotatable bonds is 9. The van der Waals surface area contributed by atoms with E-state index in [9.17, 15) is 14.4 Å². The van der Waals surface area contributed by atoms with E-state index in [4.69, 9.17) is 4.74 Å². The Bertz CT molecular complexity index is 869. The fourth-order valence-electron chi connectivity index (χ4n) is 3.41. The fraction of sp³-hybridized carbons (Fsp3) is 0.409. The van der Waals surface area contributed by atoms with Gasteiger partial charge in [0.2, 0.25) is 5.91 Å². The van der Waals surface area contributed by atoms with Crippen LogP contribution in [0.25, 0.3) is 0 Å². The van der Waals surface area contributed by atoms with Crippen molar-refractivity contribution in [1.82, 2.24) is 10.2 Å². The Kier molecular flexibility index (Phi) is 7.98. The lowest BCUT2D eigenvalue weighted by molar-refractivity contribution is -0.119. The van der Waals surface area contributed by atoms with Crippen molar-refractivity contribution in [2.45, 2.75) is 32.2 Å². The number of hydrogen-bond donors (Lipinski definition) is 2. The maximum Gasteiger partial charge on any atom is 0.264 e. The van der Waals surface area contributed by atoms with Crippen LogP contribution in [0.1, 0.15) is 46.2 Å². The molecule has 0 spiro atoms. The van der Waals surface area contributed by atoms with Gasteiger partial charge in [0, 0.05) is 37.6 Å². The standard InChI is InChI=1S/C22H27N3O4S/c1-2-29-13-6-11-23-20(26)16-7-3-8-17(15-16)24-21(27)18-9-4-12-25(18)22(28)19-10-5-14-30-19/h3,5,7-8,10,14-15,18H,2,4,6,9,11-13H2,1H3,(H,23,26)(H,24,27)/t18-/m0/s1. The molecule has 0 saturated carbocycles. The van der Waals surface area contributed by atoms with Crippen molar-refractivity contribution < 1.29 is 19.1 Å². The number of benzene rings is 1. The van der Waals surface area contributed by atoms with Crippen molar-refractivity contribution in [3.8, 4) is 0 Å². The first kappa shape index (κ1) is 22.0. The Morgan fingerprint density at radius 2 is 2.10 bits per heavy atom. The van der Waals surface area contributed by atoms with Crippen molar-refractivity contribution in [3.05, 3.63) is 52.2 Å². The van der Waals surface area contributed by atoms with Crippen LogP contribution in [-0.4, -0.2) is 55.0 Å². The SMILES string of the molecule is CCOCCCNC(=O)c1cccc(NC(=O)[C@@H]2CCCN2C(=O)c2cccs2)c1. The number of carbonyl (C=O) groups is 3. The van der Waals surface area contributed by atoms with Crippen LogP contribution in [0.4, 0.5) is 5.69 Å². The average Bonchev–Trinajstić information content (AvgIpc) is 3.45. The van der Waals surface area contributed by atoms with E-state index in [-0.39, 0.29) is 17.7 Å². The Morgan fingerprint density at radius 3 is 2.87 bits per heavy atom. The van der Waals surface area contributed by atoms with Crippen LogP contribution in [0.5, 0.6) is 0 Å². The zero-order valence-electron chi connectivity index (χ0n) is 17.1. The topological polar surface area (TPSA) is 87.7 Å². The molecule has 1 aliphatic heterocycles. The first-order chi connectivity index (χ1) is 14.6. The van der Waals surface area contributed by atoms with Crippen LogP contribution in [0.2, 0.25) is 0 Å². The third-order valence-corrected chi connectivity index (χ3v) is 5.75. The van der Waals surface area contributed by atoms with Crippen molar-refractivity contribution in [2.24, 2.45) is 0 Å². The number of hydrogen-bond acceptors (Lipinski definition) is 5. The number of nitrogens with zero attached hydrogens (tertiary/aromatic N) is 1. The summed E-state index contributed by atoms with van der Waals surface area (Å²) in [6.07, 6.45) is 2.16. The van der Waals surface area contributed by atoms with Gasteiger partial charge in [0.05, 0.1) is 4.88 Å². The second-order valence-electron chi connectivity index (χ2n) is 7.01. The number of carbonyl (C=O) groups excluding carboxylic acids is 3. The molecule has 7 nitrogen and oxygen atoms in total. The summed E-state index contributed by atoms with van der Waals surface area (Å²) in [7, 11) is 0. The van der Waals surface area contributed by atoms with Crippen molar-refractivity contribution in [3.63, 3.8) is 0 Å². The summed E-state index contributed by atoms with van der Waals surface area (Å²) in [5.41, 5.74) is 1.01. The van der Waals surface area contributed by atoms with Gasteiger partial charge in [-0.2, -0.15) is 0 Å². The van der Waals surface area contributed by atoms with Crippen LogP contribution in [0.3, 0.4) is 0 Å². The minimum atomic E-state index is -0.504. The quantitative estimate of drug-likeness (QED) is 0.600. The van der Waals surface area contributed by atoms with Crippen LogP contribution in [0.15, 0.2) is 41.8 Å². The van der Waals surface area contributed by atoms with Gasteiger partial charge in [0.1, 0.15) is 6.04 Å². The smallest absolute Gasteiger partial charge is 0.264 e. The molecule has 1 atom stereocenters. The molecule has 1 saturated heterocycles. The number of anilines is 1. The van der Waals surface area contributed by atoms with Crippen LogP contribution >= 0.6 is 11.3 Å². The summed E-state index contributed by atoms with van der Waals surface area (Å²) >= 11 is 1.38. The van der Waals surface area contributed by atoms with Gasteiger partial charge in [-0.05, 0) is 55.8 Å². The molecule has 30 heavy (non-hydrogen) atoms. The monoisotopic (exact) mass is 429 g/mol. The number of ether oxygens (including phenoxy) is 1. The van der Waals surface area contributed by atoms with Crippen LogP contribution < -0.4 is 10.6 Å². The summed E-state index contributed by atoms with van der Waals surface area (Å²) in [6, 6.07) is 9.92. The summed E-state index contributed by atoms with van der Waals surface area (Å²) in [5.74, 6) is -0.535. The molecular weight excluding hydrogens is 402 g/mol. The lowest BCUT2D eigenvalue weighted by Gasteiger charge is -2.23. The Balaban J connectivity index is 1.58. The highest BCUT2D eigenvalue weighted by atomic mass is 32.1. The Morgan fingerprint density at radius 1 is 1.23 bits per heavy atom. The fourth-order valence-corrected chi connectivity index (χ4v) is 4.09. The van der Waals surface area contributed by atoms with Gasteiger partial charge in [-0.25, -0.2) is 0 Å². The molecule has 2 heterocycles.